The van der Waals surface area contributed by atoms with Gasteiger partial charge in [-0.2, -0.15) is 0 Å². The number of imide groups is 1. The van der Waals surface area contributed by atoms with Crippen LogP contribution in [0.4, 0.5) is 9.59 Å². The monoisotopic (exact) mass is 651 g/mol. The molecule has 1 aromatic carbocycles. The number of aliphatic hydroxyl groups is 1. The van der Waals surface area contributed by atoms with Gasteiger partial charge in [-0.25, -0.2) is 14.5 Å². The van der Waals surface area contributed by atoms with Crippen molar-refractivity contribution < 1.29 is 47.9 Å². The second-order valence-corrected chi connectivity index (χ2v) is 14.9. The van der Waals surface area contributed by atoms with Gasteiger partial charge in [-0.1, -0.05) is 19.9 Å². The molecule has 0 bridgehead atoms. The van der Waals surface area contributed by atoms with E-state index >= 15 is 0 Å². The maximum atomic E-state index is 14.0. The van der Waals surface area contributed by atoms with E-state index < -0.39 is 53.0 Å². The van der Waals surface area contributed by atoms with E-state index in [1.165, 1.54) is 13.8 Å². The van der Waals surface area contributed by atoms with Gasteiger partial charge < -0.3 is 33.5 Å². The molecule has 262 valence electrons. The Balaban J connectivity index is 2.54. The molecule has 46 heavy (non-hydrogen) atoms. The Morgan fingerprint density at radius 3 is 2.11 bits per heavy atom. The summed E-state index contributed by atoms with van der Waals surface area (Å²) in [5.74, 6) is -0.338. The number of carbonyl (C=O) groups is 3. The molecule has 1 N–H and O–H groups in total. The molecule has 1 aromatic rings. The molecule has 0 aliphatic carbocycles. The zero-order valence-electron chi connectivity index (χ0n) is 29.9. The van der Waals surface area contributed by atoms with Crippen molar-refractivity contribution in [1.82, 2.24) is 4.90 Å². The van der Waals surface area contributed by atoms with Crippen molar-refractivity contribution in [2.24, 2.45) is 17.8 Å². The van der Waals surface area contributed by atoms with Crippen molar-refractivity contribution in [2.75, 3.05) is 27.4 Å². The highest BCUT2D eigenvalue weighted by atomic mass is 16.7. The lowest BCUT2D eigenvalue weighted by atomic mass is 9.75. The van der Waals surface area contributed by atoms with Crippen LogP contribution in [0.25, 0.3) is 0 Å². The van der Waals surface area contributed by atoms with Gasteiger partial charge in [0, 0.05) is 26.6 Å². The van der Waals surface area contributed by atoms with Crippen LogP contribution in [-0.2, 0) is 30.2 Å². The minimum Gasteiger partial charge on any atom is -0.493 e. The van der Waals surface area contributed by atoms with Crippen LogP contribution in [0.2, 0.25) is 0 Å². The summed E-state index contributed by atoms with van der Waals surface area (Å²) in [5.41, 5.74) is -2.25. The Kier molecular flexibility index (Phi) is 13.8. The highest BCUT2D eigenvalue weighted by Gasteiger charge is 2.52. The second-order valence-electron chi connectivity index (χ2n) is 14.9. The molecule has 1 saturated heterocycles. The van der Waals surface area contributed by atoms with Crippen LogP contribution >= 0.6 is 0 Å². The van der Waals surface area contributed by atoms with E-state index in [9.17, 15) is 19.5 Å². The third kappa shape index (κ3) is 12.0. The molecular formula is C35H57NO10. The van der Waals surface area contributed by atoms with Gasteiger partial charge in [0.15, 0.2) is 11.5 Å². The van der Waals surface area contributed by atoms with E-state index in [1.54, 1.807) is 55.8 Å². The number of likely N-dealkylation sites (tertiary alicyclic amines) is 1. The van der Waals surface area contributed by atoms with Gasteiger partial charge in [0.05, 0.1) is 31.3 Å². The van der Waals surface area contributed by atoms with Crippen LogP contribution in [0.1, 0.15) is 94.1 Å². The third-order valence-electron chi connectivity index (χ3n) is 7.81. The van der Waals surface area contributed by atoms with Crippen molar-refractivity contribution in [2.45, 2.75) is 124 Å². The maximum Gasteiger partial charge on any atom is 0.509 e. The highest BCUT2D eigenvalue weighted by molar-refractivity contribution is 5.95. The van der Waals surface area contributed by atoms with Gasteiger partial charge in [0.2, 0.25) is 5.91 Å². The number of hydrogen-bond donors (Lipinski definition) is 1. The summed E-state index contributed by atoms with van der Waals surface area (Å²) in [6.07, 6.45) is -1.09. The molecule has 2 amide bonds. The van der Waals surface area contributed by atoms with Crippen LogP contribution < -0.4 is 9.47 Å². The minimum absolute atomic E-state index is 0.0123. The van der Waals surface area contributed by atoms with Gasteiger partial charge in [-0.15, -0.1) is 0 Å². The fraction of sp³-hybridized carbons (Fsp3) is 0.743. The molecule has 4 atom stereocenters. The zero-order valence-corrected chi connectivity index (χ0v) is 29.9. The van der Waals surface area contributed by atoms with E-state index in [0.717, 1.165) is 16.9 Å². The number of piperidine rings is 1. The van der Waals surface area contributed by atoms with Crippen molar-refractivity contribution in [3.63, 3.8) is 0 Å². The molecule has 0 saturated carbocycles. The van der Waals surface area contributed by atoms with Crippen LogP contribution in [0.15, 0.2) is 18.2 Å². The Morgan fingerprint density at radius 1 is 0.957 bits per heavy atom. The lowest BCUT2D eigenvalue weighted by molar-refractivity contribution is -0.161. The molecule has 1 aliphatic heterocycles. The fourth-order valence-electron chi connectivity index (χ4n) is 5.45. The third-order valence-corrected chi connectivity index (χ3v) is 7.81. The van der Waals surface area contributed by atoms with E-state index in [0.29, 0.717) is 37.6 Å². The Hall–Kier alpha value is -3.05. The minimum atomic E-state index is -1.50. The van der Waals surface area contributed by atoms with Crippen molar-refractivity contribution in [3.05, 3.63) is 23.8 Å². The standard InChI is InChI=1S/C35H57NO10/c1-22(2)24(18-23-14-15-27(42-12)29(19-23)43-17-13-16-41-11)20-26-28(44-32(39)46-34(6,7)8)21-25(35(9,10)40)30(37)36(26)31(38)45-33(3,4)5/h14-15,19,22,24-26,28,40H,13,16-18,20-21H2,1-12H3/t24?,25?,26-,28-/m0/s1. The average Bonchev–Trinajstić information content (AvgIpc) is 2.89. The molecule has 0 spiro atoms. The van der Waals surface area contributed by atoms with Crippen LogP contribution in [0, 0.1) is 17.8 Å². The predicted molar refractivity (Wildman–Crippen MR) is 174 cm³/mol. The SMILES string of the molecule is COCCCOc1cc(CC(C[C@H]2[C@@H](OC(=O)OC(C)(C)C)CC(C(C)(C)O)C(=O)N2C(=O)OC(C)(C)C)C(C)C)ccc1OC. The van der Waals surface area contributed by atoms with Crippen LogP contribution in [0.5, 0.6) is 11.5 Å². The van der Waals surface area contributed by atoms with Crippen molar-refractivity contribution in [1.29, 1.82) is 0 Å². The summed E-state index contributed by atoms with van der Waals surface area (Å²) in [7, 11) is 3.23. The maximum absolute atomic E-state index is 14.0. The summed E-state index contributed by atoms with van der Waals surface area (Å²) >= 11 is 0. The first-order chi connectivity index (χ1) is 21.2. The van der Waals surface area contributed by atoms with E-state index in [1.807, 2.05) is 18.2 Å². The van der Waals surface area contributed by atoms with Crippen molar-refractivity contribution in [3.8, 4) is 11.5 Å². The Bertz CT molecular complexity index is 1160. The van der Waals surface area contributed by atoms with Crippen molar-refractivity contribution >= 4 is 18.2 Å². The first-order valence-electron chi connectivity index (χ1n) is 16.1. The topological polar surface area (TPSA) is 130 Å². The van der Waals surface area contributed by atoms with Crippen LogP contribution in [0.3, 0.4) is 0 Å². The zero-order chi connectivity index (χ0) is 35.0. The average molecular weight is 652 g/mol. The number of methoxy groups -OCH3 is 2. The largest absolute Gasteiger partial charge is 0.509 e. The summed E-state index contributed by atoms with van der Waals surface area (Å²) in [4.78, 5) is 41.8. The van der Waals surface area contributed by atoms with E-state index in [-0.39, 0.29) is 18.3 Å². The van der Waals surface area contributed by atoms with Gasteiger partial charge in [-0.05, 0) is 97.8 Å². The van der Waals surface area contributed by atoms with Crippen LogP contribution in [-0.4, -0.2) is 84.5 Å². The van der Waals surface area contributed by atoms with Gasteiger partial charge >= 0.3 is 12.2 Å². The molecule has 11 nitrogen and oxygen atoms in total. The number of amides is 2. The second kappa shape index (κ2) is 16.2. The van der Waals surface area contributed by atoms with Gasteiger partial charge in [0.25, 0.3) is 0 Å². The lowest BCUT2D eigenvalue weighted by Gasteiger charge is -2.46. The number of benzene rings is 1. The predicted octanol–water partition coefficient (Wildman–Crippen LogP) is 6.56. The molecule has 2 unspecified atom stereocenters. The Labute approximate surface area is 275 Å². The molecular weight excluding hydrogens is 594 g/mol. The summed E-state index contributed by atoms with van der Waals surface area (Å²) in [5, 5.41) is 11.0. The van der Waals surface area contributed by atoms with Gasteiger partial charge in [-0.3, -0.25) is 4.79 Å². The first kappa shape index (κ1) is 39.1. The lowest BCUT2D eigenvalue weighted by Crippen LogP contribution is -2.62. The number of hydrogen-bond acceptors (Lipinski definition) is 10. The molecule has 0 aromatic heterocycles. The normalized spacial score (nSPS) is 19.9. The number of carbonyl (C=O) groups excluding carboxylic acids is 3. The number of rotatable bonds is 13. The summed E-state index contributed by atoms with van der Waals surface area (Å²) in [6, 6.07) is 4.89. The first-order valence-corrected chi connectivity index (χ1v) is 16.1. The smallest absolute Gasteiger partial charge is 0.493 e. The number of nitrogens with zero attached hydrogens (tertiary/aromatic N) is 1. The quantitative estimate of drug-likeness (QED) is 0.185. The molecule has 1 heterocycles. The molecule has 1 aliphatic rings. The number of ether oxygens (including phenoxy) is 6. The molecule has 11 heteroatoms. The van der Waals surface area contributed by atoms with Gasteiger partial charge in [0.1, 0.15) is 17.3 Å². The molecule has 0 radical (unpaired) electrons. The molecule has 1 fully saturated rings. The highest BCUT2D eigenvalue weighted by Crippen LogP contribution is 2.39. The van der Waals surface area contributed by atoms with E-state index in [4.69, 9.17) is 28.4 Å². The summed E-state index contributed by atoms with van der Waals surface area (Å²) in [6.45, 7) is 18.5. The Morgan fingerprint density at radius 2 is 1.59 bits per heavy atom. The summed E-state index contributed by atoms with van der Waals surface area (Å²) < 4.78 is 33.7. The van der Waals surface area contributed by atoms with E-state index in [2.05, 4.69) is 13.8 Å². The molecule has 2 rings (SSSR count). The fourth-order valence-corrected chi connectivity index (χ4v) is 5.45.